The van der Waals surface area contributed by atoms with Gasteiger partial charge in [0.15, 0.2) is 0 Å². The quantitative estimate of drug-likeness (QED) is 0.650. The van der Waals surface area contributed by atoms with Crippen molar-refractivity contribution in [3.8, 4) is 0 Å². The summed E-state index contributed by atoms with van der Waals surface area (Å²) in [5.74, 6) is 1.43. The first-order valence-corrected chi connectivity index (χ1v) is 8.30. The van der Waals surface area contributed by atoms with Crippen LogP contribution in [0.5, 0.6) is 0 Å². The smallest absolute Gasteiger partial charge is 0.222 e. The largest absolute Gasteiger partial charge is 0.376 e. The topological polar surface area (TPSA) is 29.5 Å². The zero-order valence-corrected chi connectivity index (χ0v) is 14.5. The molecule has 124 valence electrons. The standard InChI is InChI=1S/C19H31NO2/c1-16(9-8-12-19(21)20(3)4)13-17(2)14-22-15-18-10-6-5-7-11-18/h5-7,10-11,16-17H,8-9,12-15H2,1-4H3/t16-,17-/m1/s1. The molecule has 0 spiro atoms. The summed E-state index contributed by atoms with van der Waals surface area (Å²) in [6, 6.07) is 10.3. The Morgan fingerprint density at radius 1 is 1.14 bits per heavy atom. The number of nitrogens with zero attached hydrogens (tertiary/aromatic N) is 1. The highest BCUT2D eigenvalue weighted by Crippen LogP contribution is 2.18. The lowest BCUT2D eigenvalue weighted by atomic mass is 9.93. The predicted molar refractivity (Wildman–Crippen MR) is 91.6 cm³/mol. The van der Waals surface area contributed by atoms with Crippen molar-refractivity contribution in [1.82, 2.24) is 4.90 Å². The van der Waals surface area contributed by atoms with Crippen molar-refractivity contribution in [2.75, 3.05) is 20.7 Å². The van der Waals surface area contributed by atoms with Gasteiger partial charge in [0.25, 0.3) is 0 Å². The molecule has 1 rings (SSSR count). The zero-order chi connectivity index (χ0) is 16.4. The molecule has 0 radical (unpaired) electrons. The highest BCUT2D eigenvalue weighted by Gasteiger charge is 2.11. The van der Waals surface area contributed by atoms with Crippen molar-refractivity contribution in [1.29, 1.82) is 0 Å². The van der Waals surface area contributed by atoms with Crippen molar-refractivity contribution in [3.63, 3.8) is 0 Å². The second-order valence-corrected chi connectivity index (χ2v) is 6.63. The maximum Gasteiger partial charge on any atom is 0.222 e. The van der Waals surface area contributed by atoms with E-state index in [1.54, 1.807) is 4.90 Å². The van der Waals surface area contributed by atoms with E-state index in [1.165, 1.54) is 5.56 Å². The molecule has 1 aromatic carbocycles. The first-order valence-electron chi connectivity index (χ1n) is 8.30. The van der Waals surface area contributed by atoms with Gasteiger partial charge in [-0.15, -0.1) is 0 Å². The number of amides is 1. The van der Waals surface area contributed by atoms with E-state index < -0.39 is 0 Å². The molecule has 0 saturated carbocycles. The molecule has 0 aliphatic heterocycles. The lowest BCUT2D eigenvalue weighted by Crippen LogP contribution is -2.21. The molecule has 3 nitrogen and oxygen atoms in total. The van der Waals surface area contributed by atoms with Gasteiger partial charge in [-0.1, -0.05) is 50.6 Å². The number of hydrogen-bond donors (Lipinski definition) is 0. The Morgan fingerprint density at radius 3 is 2.45 bits per heavy atom. The third kappa shape index (κ3) is 8.18. The molecule has 3 heteroatoms. The minimum absolute atomic E-state index is 0.228. The number of carbonyl (C=O) groups is 1. The molecule has 22 heavy (non-hydrogen) atoms. The molecule has 0 heterocycles. The summed E-state index contributed by atoms with van der Waals surface area (Å²) < 4.78 is 5.80. The van der Waals surface area contributed by atoms with Crippen LogP contribution in [0.25, 0.3) is 0 Å². The van der Waals surface area contributed by atoms with Crippen LogP contribution < -0.4 is 0 Å². The van der Waals surface area contributed by atoms with E-state index >= 15 is 0 Å². The number of rotatable bonds is 10. The molecule has 0 fully saturated rings. The van der Waals surface area contributed by atoms with Gasteiger partial charge in [-0.25, -0.2) is 0 Å². The first-order chi connectivity index (χ1) is 10.5. The SMILES string of the molecule is C[C@H](CCCC(=O)N(C)C)C[C@@H](C)COCc1ccccc1. The van der Waals surface area contributed by atoms with Crippen molar-refractivity contribution in [3.05, 3.63) is 35.9 Å². The van der Waals surface area contributed by atoms with E-state index in [0.717, 1.165) is 25.9 Å². The average Bonchev–Trinajstić information content (AvgIpc) is 2.48. The van der Waals surface area contributed by atoms with Gasteiger partial charge in [0.05, 0.1) is 6.61 Å². The maximum absolute atomic E-state index is 11.5. The Balaban J connectivity index is 2.10. The number of benzene rings is 1. The second-order valence-electron chi connectivity index (χ2n) is 6.63. The molecular weight excluding hydrogens is 274 g/mol. The van der Waals surface area contributed by atoms with Gasteiger partial charge < -0.3 is 9.64 Å². The van der Waals surface area contributed by atoms with Crippen molar-refractivity contribution >= 4 is 5.91 Å². The van der Waals surface area contributed by atoms with Crippen LogP contribution >= 0.6 is 0 Å². The lowest BCUT2D eigenvalue weighted by molar-refractivity contribution is -0.128. The summed E-state index contributed by atoms with van der Waals surface area (Å²) in [7, 11) is 3.63. The molecule has 2 atom stereocenters. The first kappa shape index (κ1) is 18.7. The van der Waals surface area contributed by atoms with Gasteiger partial charge in [0.1, 0.15) is 0 Å². The minimum Gasteiger partial charge on any atom is -0.376 e. The predicted octanol–water partition coefficient (Wildman–Crippen LogP) is 4.12. The molecule has 0 N–H and O–H groups in total. The Hall–Kier alpha value is -1.35. The molecule has 0 aromatic heterocycles. The number of ether oxygens (including phenoxy) is 1. The minimum atomic E-state index is 0.228. The molecular formula is C19H31NO2. The van der Waals surface area contributed by atoms with Crippen molar-refractivity contribution in [2.24, 2.45) is 11.8 Å². The van der Waals surface area contributed by atoms with Crippen LogP contribution in [0.1, 0.15) is 45.1 Å². The molecule has 0 bridgehead atoms. The molecule has 0 aliphatic carbocycles. The van der Waals surface area contributed by atoms with Crippen molar-refractivity contribution < 1.29 is 9.53 Å². The van der Waals surface area contributed by atoms with E-state index in [0.29, 0.717) is 24.9 Å². The van der Waals surface area contributed by atoms with Gasteiger partial charge in [0, 0.05) is 27.1 Å². The van der Waals surface area contributed by atoms with Crippen LogP contribution in [0.2, 0.25) is 0 Å². The molecule has 0 saturated heterocycles. The summed E-state index contributed by atoms with van der Waals surface area (Å²) >= 11 is 0. The Labute approximate surface area is 135 Å². The van der Waals surface area contributed by atoms with E-state index in [1.807, 2.05) is 32.3 Å². The van der Waals surface area contributed by atoms with Crippen LogP contribution in [0, 0.1) is 11.8 Å². The van der Waals surface area contributed by atoms with Crippen LogP contribution in [0.4, 0.5) is 0 Å². The second kappa shape index (κ2) is 10.4. The summed E-state index contributed by atoms with van der Waals surface area (Å²) in [5.41, 5.74) is 1.23. The number of carbonyl (C=O) groups excluding carboxylic acids is 1. The fourth-order valence-corrected chi connectivity index (χ4v) is 2.65. The molecule has 0 unspecified atom stereocenters. The van der Waals surface area contributed by atoms with Gasteiger partial charge in [0.2, 0.25) is 5.91 Å². The number of hydrogen-bond acceptors (Lipinski definition) is 2. The Morgan fingerprint density at radius 2 is 1.82 bits per heavy atom. The fourth-order valence-electron chi connectivity index (χ4n) is 2.65. The molecule has 0 aliphatic rings. The van der Waals surface area contributed by atoms with E-state index in [-0.39, 0.29) is 5.91 Å². The highest BCUT2D eigenvalue weighted by atomic mass is 16.5. The third-order valence-corrected chi connectivity index (χ3v) is 3.91. The summed E-state index contributed by atoms with van der Waals surface area (Å²) in [6.45, 7) is 6.01. The van der Waals surface area contributed by atoms with Crippen LogP contribution in [-0.2, 0) is 16.1 Å². The maximum atomic E-state index is 11.5. The normalized spacial score (nSPS) is 13.6. The van der Waals surface area contributed by atoms with E-state index in [9.17, 15) is 4.79 Å². The van der Waals surface area contributed by atoms with E-state index in [4.69, 9.17) is 4.74 Å². The summed E-state index contributed by atoms with van der Waals surface area (Å²) in [4.78, 5) is 13.2. The third-order valence-electron chi connectivity index (χ3n) is 3.91. The Kier molecular flexibility index (Phi) is 8.83. The average molecular weight is 305 g/mol. The van der Waals surface area contributed by atoms with Gasteiger partial charge in [-0.05, 0) is 30.2 Å². The zero-order valence-electron chi connectivity index (χ0n) is 14.5. The van der Waals surface area contributed by atoms with Crippen LogP contribution in [0.15, 0.2) is 30.3 Å². The Bertz CT molecular complexity index is 417. The van der Waals surface area contributed by atoms with Gasteiger partial charge >= 0.3 is 0 Å². The van der Waals surface area contributed by atoms with Gasteiger partial charge in [-0.2, -0.15) is 0 Å². The molecule has 1 amide bonds. The van der Waals surface area contributed by atoms with Crippen LogP contribution in [-0.4, -0.2) is 31.5 Å². The van der Waals surface area contributed by atoms with Crippen molar-refractivity contribution in [2.45, 2.75) is 46.1 Å². The fraction of sp³-hybridized carbons (Fsp3) is 0.632. The van der Waals surface area contributed by atoms with Crippen LogP contribution in [0.3, 0.4) is 0 Å². The summed E-state index contributed by atoms with van der Waals surface area (Å²) in [5, 5.41) is 0. The lowest BCUT2D eigenvalue weighted by Gasteiger charge is -2.18. The summed E-state index contributed by atoms with van der Waals surface area (Å²) in [6.07, 6.45) is 3.92. The highest BCUT2D eigenvalue weighted by molar-refractivity contribution is 5.75. The van der Waals surface area contributed by atoms with Gasteiger partial charge in [-0.3, -0.25) is 4.79 Å². The molecule has 1 aromatic rings. The monoisotopic (exact) mass is 305 g/mol. The van der Waals surface area contributed by atoms with E-state index in [2.05, 4.69) is 26.0 Å².